The van der Waals surface area contributed by atoms with Crippen molar-refractivity contribution >= 4 is 0 Å². The maximum absolute atomic E-state index is 10.4. The Morgan fingerprint density at radius 2 is 2.04 bits per heavy atom. The third-order valence-electron chi connectivity index (χ3n) is 4.72. The molecule has 4 rings (SSSR count). The van der Waals surface area contributed by atoms with Crippen LogP contribution in [-0.2, 0) is 13.0 Å². The first-order valence-corrected chi connectivity index (χ1v) is 8.81. The number of hydrogen-bond donors (Lipinski definition) is 2. The van der Waals surface area contributed by atoms with E-state index in [0.29, 0.717) is 12.4 Å². The third-order valence-corrected chi connectivity index (χ3v) is 4.72. The van der Waals surface area contributed by atoms with Crippen LogP contribution in [0.25, 0.3) is 11.5 Å². The number of β-amino-alcohol motifs (C(OH)–C–C–N with tert-alkyl or cyclic N) is 1. The number of aromatic nitrogens is 5. The Morgan fingerprint density at radius 3 is 2.73 bits per heavy atom. The van der Waals surface area contributed by atoms with Crippen LogP contribution in [0.2, 0.25) is 0 Å². The first kappa shape index (κ1) is 16.8. The van der Waals surface area contributed by atoms with Gasteiger partial charge in [0.2, 0.25) is 0 Å². The predicted molar refractivity (Wildman–Crippen MR) is 97.1 cm³/mol. The summed E-state index contributed by atoms with van der Waals surface area (Å²) in [4.78, 5) is 15.4. The minimum atomic E-state index is -0.333. The van der Waals surface area contributed by atoms with E-state index in [-0.39, 0.29) is 12.0 Å². The molecule has 4 heterocycles. The van der Waals surface area contributed by atoms with Crippen LogP contribution in [0, 0.1) is 12.8 Å². The maximum atomic E-state index is 10.4. The molecule has 1 fully saturated rings. The lowest BCUT2D eigenvalue weighted by molar-refractivity contribution is 0.140. The summed E-state index contributed by atoms with van der Waals surface area (Å²) < 4.78 is 0. The van der Waals surface area contributed by atoms with Crippen molar-refractivity contribution in [2.24, 2.45) is 5.92 Å². The maximum Gasteiger partial charge on any atom is 0.178 e. The van der Waals surface area contributed by atoms with Gasteiger partial charge in [0.25, 0.3) is 0 Å². The van der Waals surface area contributed by atoms with Crippen LogP contribution >= 0.6 is 0 Å². The smallest absolute Gasteiger partial charge is 0.178 e. The van der Waals surface area contributed by atoms with Crippen molar-refractivity contribution in [1.82, 2.24) is 30.0 Å². The molecule has 26 heavy (non-hydrogen) atoms. The Hall–Kier alpha value is -2.64. The van der Waals surface area contributed by atoms with Gasteiger partial charge >= 0.3 is 0 Å². The molecule has 0 amide bonds. The zero-order chi connectivity index (χ0) is 17.9. The average molecular weight is 350 g/mol. The highest BCUT2D eigenvalue weighted by Crippen LogP contribution is 2.23. The summed E-state index contributed by atoms with van der Waals surface area (Å²) in [5.74, 6) is 0.828. The second kappa shape index (κ2) is 7.31. The van der Waals surface area contributed by atoms with Gasteiger partial charge in [-0.2, -0.15) is 5.10 Å². The van der Waals surface area contributed by atoms with Crippen LogP contribution in [0.1, 0.15) is 17.0 Å². The molecule has 7 heteroatoms. The highest BCUT2D eigenvalue weighted by atomic mass is 16.3. The molecular weight excluding hydrogens is 328 g/mol. The van der Waals surface area contributed by atoms with Crippen LogP contribution in [0.5, 0.6) is 0 Å². The van der Waals surface area contributed by atoms with E-state index in [0.717, 1.165) is 42.2 Å². The fraction of sp³-hybridized carbons (Fsp3) is 0.368. The molecule has 0 unspecified atom stereocenters. The van der Waals surface area contributed by atoms with Crippen molar-refractivity contribution < 1.29 is 5.11 Å². The number of aromatic amines is 1. The molecule has 7 nitrogen and oxygen atoms in total. The van der Waals surface area contributed by atoms with Crippen LogP contribution in [0.4, 0.5) is 0 Å². The minimum absolute atomic E-state index is 0.200. The molecule has 1 aliphatic rings. The number of rotatable bonds is 5. The van der Waals surface area contributed by atoms with Crippen molar-refractivity contribution in [3.63, 3.8) is 0 Å². The van der Waals surface area contributed by atoms with Gasteiger partial charge in [-0.1, -0.05) is 6.07 Å². The van der Waals surface area contributed by atoms with Crippen molar-refractivity contribution in [2.45, 2.75) is 26.0 Å². The summed E-state index contributed by atoms with van der Waals surface area (Å²) in [6, 6.07) is 7.73. The van der Waals surface area contributed by atoms with Gasteiger partial charge in [-0.3, -0.25) is 15.0 Å². The minimum Gasteiger partial charge on any atom is -0.391 e. The molecule has 0 aromatic carbocycles. The van der Waals surface area contributed by atoms with Crippen LogP contribution in [-0.4, -0.2) is 54.3 Å². The van der Waals surface area contributed by atoms with Gasteiger partial charge in [0.05, 0.1) is 11.8 Å². The van der Waals surface area contributed by atoms with Crippen molar-refractivity contribution in [3.8, 4) is 11.5 Å². The number of nitrogens with one attached hydrogen (secondary N) is 1. The van der Waals surface area contributed by atoms with Gasteiger partial charge in [-0.25, -0.2) is 9.97 Å². The molecule has 0 bridgehead atoms. The van der Waals surface area contributed by atoms with Gasteiger partial charge in [-0.05, 0) is 31.5 Å². The third kappa shape index (κ3) is 3.79. The standard InChI is InChI=1S/C19H22N6O/c1-13-6-16(24-23-13)7-15-11-25(12-18(15)26)10-14-8-21-19(22-9-14)17-4-2-3-5-20-17/h2-6,8-9,15,18,26H,7,10-12H2,1H3,(H,23,24)/t15-,18-/m1/s1. The number of aliphatic hydroxyl groups is 1. The number of aliphatic hydroxyl groups excluding tert-OH is 1. The largest absolute Gasteiger partial charge is 0.391 e. The topological polar surface area (TPSA) is 90.8 Å². The summed E-state index contributed by atoms with van der Waals surface area (Å²) >= 11 is 0. The lowest BCUT2D eigenvalue weighted by Crippen LogP contribution is -2.21. The molecule has 3 aromatic heterocycles. The number of H-pyrrole nitrogens is 1. The summed E-state index contributed by atoms with van der Waals surface area (Å²) in [6.45, 7) is 4.23. The van der Waals surface area contributed by atoms with Gasteiger partial charge in [0.15, 0.2) is 5.82 Å². The highest BCUT2D eigenvalue weighted by molar-refractivity contribution is 5.47. The van der Waals surface area contributed by atoms with Crippen molar-refractivity contribution in [2.75, 3.05) is 13.1 Å². The quantitative estimate of drug-likeness (QED) is 0.726. The van der Waals surface area contributed by atoms with E-state index in [1.807, 2.05) is 43.6 Å². The molecule has 1 saturated heterocycles. The number of aryl methyl sites for hydroxylation is 1. The van der Waals surface area contributed by atoms with E-state index in [2.05, 4.69) is 30.0 Å². The van der Waals surface area contributed by atoms with E-state index < -0.39 is 0 Å². The zero-order valence-corrected chi connectivity index (χ0v) is 14.7. The average Bonchev–Trinajstić information content (AvgIpc) is 3.22. The highest BCUT2D eigenvalue weighted by Gasteiger charge is 2.31. The molecule has 0 radical (unpaired) electrons. The number of nitrogens with zero attached hydrogens (tertiary/aromatic N) is 5. The molecule has 3 aromatic rings. The van der Waals surface area contributed by atoms with E-state index in [4.69, 9.17) is 0 Å². The fourth-order valence-corrected chi connectivity index (χ4v) is 3.44. The lowest BCUT2D eigenvalue weighted by atomic mass is 10.0. The SMILES string of the molecule is Cc1cc(C[C@@H]2CN(Cc3cnc(-c4ccccn4)nc3)C[C@H]2O)n[nH]1. The number of hydrogen-bond acceptors (Lipinski definition) is 6. The zero-order valence-electron chi connectivity index (χ0n) is 14.7. The van der Waals surface area contributed by atoms with Crippen LogP contribution in [0.15, 0.2) is 42.9 Å². The first-order valence-electron chi connectivity index (χ1n) is 8.81. The molecule has 0 spiro atoms. The van der Waals surface area contributed by atoms with E-state index in [1.54, 1.807) is 6.20 Å². The number of pyridine rings is 1. The normalized spacial score (nSPS) is 20.5. The Labute approximate surface area is 152 Å². The van der Waals surface area contributed by atoms with Crippen LogP contribution < -0.4 is 0 Å². The molecule has 134 valence electrons. The Bertz CT molecular complexity index is 848. The second-order valence-electron chi connectivity index (χ2n) is 6.90. The van der Waals surface area contributed by atoms with Gasteiger partial charge in [-0.15, -0.1) is 0 Å². The molecule has 0 aliphatic carbocycles. The number of likely N-dealkylation sites (tertiary alicyclic amines) is 1. The lowest BCUT2D eigenvalue weighted by Gasteiger charge is -2.15. The Morgan fingerprint density at radius 1 is 1.19 bits per heavy atom. The van der Waals surface area contributed by atoms with E-state index in [9.17, 15) is 5.11 Å². The molecule has 1 aliphatic heterocycles. The van der Waals surface area contributed by atoms with E-state index >= 15 is 0 Å². The van der Waals surface area contributed by atoms with Gasteiger partial charge < -0.3 is 5.11 Å². The fourth-order valence-electron chi connectivity index (χ4n) is 3.44. The molecular formula is C19H22N6O. The van der Waals surface area contributed by atoms with Crippen molar-refractivity contribution in [3.05, 3.63) is 59.8 Å². The predicted octanol–water partition coefficient (Wildman–Crippen LogP) is 1.61. The van der Waals surface area contributed by atoms with Crippen LogP contribution in [0.3, 0.4) is 0 Å². The molecule has 0 saturated carbocycles. The van der Waals surface area contributed by atoms with Crippen molar-refractivity contribution in [1.29, 1.82) is 0 Å². The molecule has 2 atom stereocenters. The summed E-state index contributed by atoms with van der Waals surface area (Å²) in [5, 5.41) is 17.6. The second-order valence-corrected chi connectivity index (χ2v) is 6.90. The molecule has 2 N–H and O–H groups in total. The Kier molecular flexibility index (Phi) is 4.73. The first-order chi connectivity index (χ1) is 12.7. The monoisotopic (exact) mass is 350 g/mol. The van der Waals surface area contributed by atoms with Gasteiger partial charge in [0.1, 0.15) is 5.69 Å². The summed E-state index contributed by atoms with van der Waals surface area (Å²) in [6.07, 6.45) is 5.87. The summed E-state index contributed by atoms with van der Waals surface area (Å²) in [7, 11) is 0. The van der Waals surface area contributed by atoms with Gasteiger partial charge in [0, 0.05) is 55.4 Å². The van der Waals surface area contributed by atoms with E-state index in [1.165, 1.54) is 0 Å². The Balaban J connectivity index is 1.37. The summed E-state index contributed by atoms with van der Waals surface area (Å²) in [5.41, 5.74) is 3.86.